The first-order valence-electron chi connectivity index (χ1n) is 3.35. The lowest BCUT2D eigenvalue weighted by Gasteiger charge is -2.02. The highest BCUT2D eigenvalue weighted by molar-refractivity contribution is 8.09. The molecular formula is C7H7NO2S. The van der Waals surface area contributed by atoms with Gasteiger partial charge in [-0.2, -0.15) is 0 Å². The Kier molecular flexibility index (Phi) is 1.18. The van der Waals surface area contributed by atoms with Gasteiger partial charge in [0.05, 0.1) is 4.92 Å². The fraction of sp³-hybridized carbons (Fsp3) is 0.429. The predicted octanol–water partition coefficient (Wildman–Crippen LogP) is 1.59. The van der Waals surface area contributed by atoms with E-state index in [9.17, 15) is 10.1 Å². The van der Waals surface area contributed by atoms with E-state index in [-0.39, 0.29) is 15.4 Å². The van der Waals surface area contributed by atoms with Crippen molar-refractivity contribution in [3.05, 3.63) is 34.0 Å². The summed E-state index contributed by atoms with van der Waals surface area (Å²) in [5, 5.41) is 10.6. The third kappa shape index (κ3) is 0.976. The molecule has 1 aliphatic carbocycles. The summed E-state index contributed by atoms with van der Waals surface area (Å²) < 4.78 is 0.166. The van der Waals surface area contributed by atoms with Gasteiger partial charge >= 0.3 is 0 Å². The molecule has 0 saturated carbocycles. The van der Waals surface area contributed by atoms with Crippen molar-refractivity contribution < 1.29 is 4.92 Å². The highest BCUT2D eigenvalue weighted by Gasteiger charge is 2.51. The zero-order valence-corrected chi connectivity index (χ0v) is 6.80. The molecule has 0 spiro atoms. The van der Waals surface area contributed by atoms with Crippen LogP contribution in [0.15, 0.2) is 23.9 Å². The largest absolute Gasteiger partial charge is 0.266 e. The van der Waals surface area contributed by atoms with Crippen molar-refractivity contribution in [2.75, 3.05) is 0 Å². The Bertz CT molecular complexity index is 284. The third-order valence-electron chi connectivity index (χ3n) is 2.01. The van der Waals surface area contributed by atoms with Crippen molar-refractivity contribution in [1.82, 2.24) is 0 Å². The summed E-state index contributed by atoms with van der Waals surface area (Å²) in [7, 11) is 0. The van der Waals surface area contributed by atoms with Crippen molar-refractivity contribution >= 4 is 11.8 Å². The summed E-state index contributed by atoms with van der Waals surface area (Å²) in [4.78, 5) is 9.96. The predicted molar refractivity (Wildman–Crippen MR) is 44.0 cm³/mol. The fourth-order valence-electron chi connectivity index (χ4n) is 1.16. The highest BCUT2D eigenvalue weighted by Crippen LogP contribution is 2.57. The molecular weight excluding hydrogens is 162 g/mol. The molecule has 4 heteroatoms. The summed E-state index contributed by atoms with van der Waals surface area (Å²) >= 11 is 1.75. The monoisotopic (exact) mass is 169 g/mol. The van der Waals surface area contributed by atoms with E-state index < -0.39 is 0 Å². The first-order valence-corrected chi connectivity index (χ1v) is 4.23. The Morgan fingerprint density at radius 1 is 1.82 bits per heavy atom. The number of thioether (sulfide) groups is 1. The number of hydrogen-bond acceptors (Lipinski definition) is 3. The van der Waals surface area contributed by atoms with Crippen LogP contribution in [0.1, 0.15) is 6.92 Å². The maximum absolute atomic E-state index is 10.3. The molecule has 1 aliphatic heterocycles. The molecule has 0 N–H and O–H groups in total. The van der Waals surface area contributed by atoms with Crippen LogP contribution < -0.4 is 0 Å². The zero-order chi connectivity index (χ0) is 8.06. The number of nitrogens with zero attached hydrogens (tertiary/aromatic N) is 1. The molecule has 0 aromatic carbocycles. The number of rotatable bonds is 1. The van der Waals surface area contributed by atoms with Gasteiger partial charge in [0, 0.05) is 22.1 Å². The van der Waals surface area contributed by atoms with E-state index in [0.29, 0.717) is 5.25 Å². The molecule has 0 bridgehead atoms. The van der Waals surface area contributed by atoms with Gasteiger partial charge in [0.2, 0.25) is 0 Å². The van der Waals surface area contributed by atoms with Crippen LogP contribution in [0.4, 0.5) is 0 Å². The van der Waals surface area contributed by atoms with E-state index in [1.807, 2.05) is 6.08 Å². The second-order valence-corrected chi connectivity index (χ2v) is 4.53. The lowest BCUT2D eigenvalue weighted by Crippen LogP contribution is -2.10. The second-order valence-electron chi connectivity index (χ2n) is 2.90. The van der Waals surface area contributed by atoms with Crippen molar-refractivity contribution in [2.45, 2.75) is 16.9 Å². The molecule has 58 valence electrons. The van der Waals surface area contributed by atoms with Gasteiger partial charge in [-0.3, -0.25) is 10.1 Å². The van der Waals surface area contributed by atoms with Gasteiger partial charge in [-0.05, 0) is 6.92 Å². The minimum Gasteiger partial charge on any atom is -0.258 e. The molecule has 3 nitrogen and oxygen atoms in total. The van der Waals surface area contributed by atoms with Crippen LogP contribution in [-0.4, -0.2) is 14.9 Å². The maximum Gasteiger partial charge on any atom is 0.266 e. The van der Waals surface area contributed by atoms with Gasteiger partial charge in [-0.25, -0.2) is 0 Å². The molecule has 0 aromatic heterocycles. The van der Waals surface area contributed by atoms with Gasteiger partial charge < -0.3 is 0 Å². The average molecular weight is 169 g/mol. The van der Waals surface area contributed by atoms with Crippen LogP contribution >= 0.6 is 11.8 Å². The smallest absolute Gasteiger partial charge is 0.258 e. The summed E-state index contributed by atoms with van der Waals surface area (Å²) in [6.45, 7) is 2.09. The summed E-state index contributed by atoms with van der Waals surface area (Å²) in [5.41, 5.74) is 0.234. The highest BCUT2D eigenvalue weighted by atomic mass is 32.2. The molecule has 1 heterocycles. The lowest BCUT2D eigenvalue weighted by molar-refractivity contribution is -0.419. The maximum atomic E-state index is 10.3. The van der Waals surface area contributed by atoms with Crippen LogP contribution in [0.2, 0.25) is 0 Å². The topological polar surface area (TPSA) is 43.1 Å². The first kappa shape index (κ1) is 6.91. The number of nitro groups is 1. The van der Waals surface area contributed by atoms with Gasteiger partial charge in [-0.1, -0.05) is 6.08 Å². The van der Waals surface area contributed by atoms with Crippen LogP contribution in [0, 0.1) is 10.1 Å². The SMILES string of the molecule is CC12C=CC([N+](=O)[O-])=CC1S2. The number of allylic oxidation sites excluding steroid dienone is 1. The summed E-state index contributed by atoms with van der Waals surface area (Å²) in [6, 6.07) is 0. The van der Waals surface area contributed by atoms with Gasteiger partial charge in [0.25, 0.3) is 5.70 Å². The first-order chi connectivity index (χ1) is 5.12. The summed E-state index contributed by atoms with van der Waals surface area (Å²) in [6.07, 6.45) is 5.24. The standard InChI is InChI=1S/C7H7NO2S/c1-7-3-2-5(8(9)10)4-6(7)11-7/h2-4,6H,1H3. The van der Waals surface area contributed by atoms with E-state index >= 15 is 0 Å². The Balaban J connectivity index is 2.25. The Labute approximate surface area is 68.3 Å². The normalized spacial score (nSPS) is 39.4. The second kappa shape index (κ2) is 1.88. The van der Waals surface area contributed by atoms with Crippen molar-refractivity contribution in [2.24, 2.45) is 0 Å². The Morgan fingerprint density at radius 2 is 2.55 bits per heavy atom. The van der Waals surface area contributed by atoms with Crippen LogP contribution in [0.3, 0.4) is 0 Å². The number of fused-ring (bicyclic) bond motifs is 1. The van der Waals surface area contributed by atoms with Gasteiger partial charge in [0.1, 0.15) is 0 Å². The molecule has 11 heavy (non-hydrogen) atoms. The molecule has 0 aromatic rings. The molecule has 2 aliphatic rings. The van der Waals surface area contributed by atoms with Crippen molar-refractivity contribution in [3.8, 4) is 0 Å². The van der Waals surface area contributed by atoms with Crippen LogP contribution in [0.5, 0.6) is 0 Å². The molecule has 0 amide bonds. The fourth-order valence-corrected chi connectivity index (χ4v) is 2.14. The van der Waals surface area contributed by atoms with E-state index in [1.165, 1.54) is 0 Å². The molecule has 1 saturated heterocycles. The van der Waals surface area contributed by atoms with E-state index in [2.05, 4.69) is 6.92 Å². The molecule has 2 atom stereocenters. The zero-order valence-electron chi connectivity index (χ0n) is 5.98. The van der Waals surface area contributed by atoms with Crippen molar-refractivity contribution in [1.29, 1.82) is 0 Å². The average Bonchev–Trinajstić information content (AvgIpc) is 2.58. The quantitative estimate of drug-likeness (QED) is 0.340. The minimum atomic E-state index is -0.338. The minimum absolute atomic E-state index is 0.166. The lowest BCUT2D eigenvalue weighted by atomic mass is 10.0. The molecule has 2 rings (SSSR count). The summed E-state index contributed by atoms with van der Waals surface area (Å²) in [5.74, 6) is 0. The van der Waals surface area contributed by atoms with Gasteiger partial charge in [-0.15, -0.1) is 11.8 Å². The van der Waals surface area contributed by atoms with E-state index in [1.54, 1.807) is 23.9 Å². The Hall–Kier alpha value is -0.770. The van der Waals surface area contributed by atoms with E-state index in [4.69, 9.17) is 0 Å². The molecule has 1 fully saturated rings. The van der Waals surface area contributed by atoms with Gasteiger partial charge in [0.15, 0.2) is 0 Å². The van der Waals surface area contributed by atoms with Crippen LogP contribution in [-0.2, 0) is 0 Å². The van der Waals surface area contributed by atoms with Crippen molar-refractivity contribution in [3.63, 3.8) is 0 Å². The Morgan fingerprint density at radius 3 is 3.09 bits per heavy atom. The van der Waals surface area contributed by atoms with Crippen LogP contribution in [0.25, 0.3) is 0 Å². The molecule has 2 unspecified atom stereocenters. The number of hydrogen-bond donors (Lipinski definition) is 0. The van der Waals surface area contributed by atoms with E-state index in [0.717, 1.165) is 0 Å². The third-order valence-corrected chi connectivity index (χ3v) is 3.53. The molecule has 0 radical (unpaired) electrons.